The van der Waals surface area contributed by atoms with Gasteiger partial charge in [0.25, 0.3) is 5.91 Å². The van der Waals surface area contributed by atoms with Crippen LogP contribution in [0.15, 0.2) is 41.7 Å². The van der Waals surface area contributed by atoms with Crippen LogP contribution in [0, 0.1) is 5.82 Å². The van der Waals surface area contributed by atoms with E-state index < -0.39 is 21.7 Å². The number of rotatable bonds is 3. The number of piperazine rings is 1. The fraction of sp³-hybridized carbons (Fsp3) is 0.267. The zero-order valence-electron chi connectivity index (χ0n) is 13.2. The Balaban J connectivity index is 1.75. The Hall–Kier alpha value is -2.59. The minimum atomic E-state index is -4.01. The first kappa shape index (κ1) is 17.2. The minimum Gasteiger partial charge on any atom is -0.352 e. The third kappa shape index (κ3) is 3.74. The Morgan fingerprint density at radius 2 is 1.88 bits per heavy atom. The molecule has 1 amide bonds. The number of halogens is 1. The SMILES string of the molecule is NS(=O)(=O)c1ccc(F)c(C(=O)N2CCN(c3cnccn3)CC2)c1. The zero-order chi connectivity index (χ0) is 18.0. The molecule has 8 nitrogen and oxygen atoms in total. The summed E-state index contributed by atoms with van der Waals surface area (Å²) in [6, 6.07) is 2.94. The van der Waals surface area contributed by atoms with Gasteiger partial charge in [-0.15, -0.1) is 0 Å². The summed E-state index contributed by atoms with van der Waals surface area (Å²) in [5.41, 5.74) is -0.306. The quantitative estimate of drug-likeness (QED) is 0.834. The molecule has 1 aliphatic rings. The number of primary sulfonamides is 1. The molecule has 2 aromatic rings. The van der Waals surface area contributed by atoms with Gasteiger partial charge in [-0.05, 0) is 18.2 Å². The maximum Gasteiger partial charge on any atom is 0.256 e. The number of hydrogen-bond donors (Lipinski definition) is 1. The zero-order valence-corrected chi connectivity index (χ0v) is 14.0. The summed E-state index contributed by atoms with van der Waals surface area (Å²) in [5.74, 6) is -0.646. The minimum absolute atomic E-state index is 0.296. The van der Waals surface area contributed by atoms with Gasteiger partial charge >= 0.3 is 0 Å². The second-order valence-corrected chi connectivity index (χ2v) is 7.09. The standard InChI is InChI=1S/C15H16FN5O3S/c16-13-2-1-11(25(17,23)24)9-12(13)15(22)21-7-5-20(6-8-21)14-10-18-3-4-19-14/h1-4,9-10H,5-8H2,(H2,17,23,24). The predicted octanol–water partition coefficient (Wildman–Crippen LogP) is 0.225. The van der Waals surface area contributed by atoms with Crippen molar-refractivity contribution >= 4 is 21.7 Å². The van der Waals surface area contributed by atoms with Crippen molar-refractivity contribution in [2.24, 2.45) is 5.14 Å². The lowest BCUT2D eigenvalue weighted by molar-refractivity contribution is 0.0741. The van der Waals surface area contributed by atoms with Crippen molar-refractivity contribution < 1.29 is 17.6 Å². The molecule has 1 aromatic heterocycles. The van der Waals surface area contributed by atoms with E-state index >= 15 is 0 Å². The largest absolute Gasteiger partial charge is 0.352 e. The van der Waals surface area contributed by atoms with Crippen molar-refractivity contribution in [3.8, 4) is 0 Å². The smallest absolute Gasteiger partial charge is 0.256 e. The number of hydrogen-bond acceptors (Lipinski definition) is 6. The molecule has 1 saturated heterocycles. The molecule has 0 bridgehead atoms. The maximum absolute atomic E-state index is 14.0. The van der Waals surface area contributed by atoms with Crippen LogP contribution in [0.1, 0.15) is 10.4 Å². The van der Waals surface area contributed by atoms with Crippen molar-refractivity contribution in [3.63, 3.8) is 0 Å². The third-order valence-corrected chi connectivity index (χ3v) is 4.85. The van der Waals surface area contributed by atoms with Crippen LogP contribution in [0.2, 0.25) is 0 Å². The second-order valence-electron chi connectivity index (χ2n) is 5.53. The fourth-order valence-electron chi connectivity index (χ4n) is 2.61. The lowest BCUT2D eigenvalue weighted by Crippen LogP contribution is -2.49. The highest BCUT2D eigenvalue weighted by atomic mass is 32.2. The predicted molar refractivity (Wildman–Crippen MR) is 87.9 cm³/mol. The van der Waals surface area contributed by atoms with Crippen LogP contribution >= 0.6 is 0 Å². The molecule has 132 valence electrons. The monoisotopic (exact) mass is 365 g/mol. The number of amides is 1. The van der Waals surface area contributed by atoms with Gasteiger partial charge in [0.05, 0.1) is 16.7 Å². The average molecular weight is 365 g/mol. The lowest BCUT2D eigenvalue weighted by Gasteiger charge is -2.35. The van der Waals surface area contributed by atoms with Crippen LogP contribution in [0.4, 0.5) is 10.2 Å². The number of anilines is 1. The summed E-state index contributed by atoms with van der Waals surface area (Å²) >= 11 is 0. The van der Waals surface area contributed by atoms with Crippen molar-refractivity contribution in [1.82, 2.24) is 14.9 Å². The van der Waals surface area contributed by atoms with Gasteiger partial charge in [0.1, 0.15) is 11.6 Å². The Labute approximate surface area is 144 Å². The fourth-order valence-corrected chi connectivity index (χ4v) is 3.15. The van der Waals surface area contributed by atoms with E-state index in [1.807, 2.05) is 4.90 Å². The molecule has 0 unspecified atom stereocenters. The Kier molecular flexibility index (Phi) is 4.64. The van der Waals surface area contributed by atoms with E-state index in [4.69, 9.17) is 5.14 Å². The van der Waals surface area contributed by atoms with Gasteiger partial charge in [-0.25, -0.2) is 22.9 Å². The molecule has 0 atom stereocenters. The molecule has 3 rings (SSSR count). The molecule has 2 heterocycles. The normalized spacial score (nSPS) is 15.3. The van der Waals surface area contributed by atoms with E-state index in [0.717, 1.165) is 18.2 Å². The van der Waals surface area contributed by atoms with E-state index in [9.17, 15) is 17.6 Å². The van der Waals surface area contributed by atoms with Crippen molar-refractivity contribution in [2.45, 2.75) is 4.90 Å². The summed E-state index contributed by atoms with van der Waals surface area (Å²) in [6.07, 6.45) is 4.79. The first-order chi connectivity index (χ1) is 11.9. The van der Waals surface area contributed by atoms with Crippen LogP contribution in [0.5, 0.6) is 0 Å². The van der Waals surface area contributed by atoms with Gasteiger partial charge in [0.15, 0.2) is 0 Å². The van der Waals surface area contributed by atoms with Crippen LogP contribution in [-0.4, -0.2) is 55.4 Å². The topological polar surface area (TPSA) is 109 Å². The number of carbonyl (C=O) groups excluding carboxylic acids is 1. The lowest BCUT2D eigenvalue weighted by atomic mass is 10.1. The number of nitrogens with zero attached hydrogens (tertiary/aromatic N) is 4. The Bertz CT molecular complexity index is 883. The number of aromatic nitrogens is 2. The van der Waals surface area contributed by atoms with Crippen LogP contribution < -0.4 is 10.0 Å². The average Bonchev–Trinajstić information content (AvgIpc) is 2.61. The molecule has 0 radical (unpaired) electrons. The third-order valence-electron chi connectivity index (χ3n) is 3.94. The molecule has 2 N–H and O–H groups in total. The number of nitrogens with two attached hydrogens (primary N) is 1. The van der Waals surface area contributed by atoms with E-state index in [2.05, 4.69) is 9.97 Å². The van der Waals surface area contributed by atoms with E-state index in [1.54, 1.807) is 18.6 Å². The van der Waals surface area contributed by atoms with E-state index in [0.29, 0.717) is 32.0 Å². The van der Waals surface area contributed by atoms with E-state index in [-0.39, 0.29) is 10.5 Å². The molecular weight excluding hydrogens is 349 g/mol. The summed E-state index contributed by atoms with van der Waals surface area (Å²) in [5, 5.41) is 5.04. The number of sulfonamides is 1. The van der Waals surface area contributed by atoms with Gasteiger partial charge in [0, 0.05) is 38.6 Å². The molecule has 0 spiro atoms. The molecule has 0 saturated carbocycles. The second kappa shape index (κ2) is 6.73. The molecule has 1 aromatic carbocycles. The molecule has 0 aliphatic carbocycles. The molecule has 1 fully saturated rings. The molecule has 1 aliphatic heterocycles. The first-order valence-electron chi connectivity index (χ1n) is 7.49. The highest BCUT2D eigenvalue weighted by Crippen LogP contribution is 2.18. The van der Waals surface area contributed by atoms with Gasteiger partial charge in [-0.2, -0.15) is 0 Å². The van der Waals surface area contributed by atoms with Crippen LogP contribution in [-0.2, 0) is 10.0 Å². The van der Waals surface area contributed by atoms with Gasteiger partial charge in [-0.3, -0.25) is 9.78 Å². The van der Waals surface area contributed by atoms with Crippen molar-refractivity contribution in [3.05, 3.63) is 48.2 Å². The molecule has 10 heteroatoms. The van der Waals surface area contributed by atoms with Crippen molar-refractivity contribution in [2.75, 3.05) is 31.1 Å². The Morgan fingerprint density at radius 3 is 2.48 bits per heavy atom. The highest BCUT2D eigenvalue weighted by molar-refractivity contribution is 7.89. The van der Waals surface area contributed by atoms with Crippen LogP contribution in [0.25, 0.3) is 0 Å². The summed E-state index contributed by atoms with van der Waals surface area (Å²) in [7, 11) is -4.01. The first-order valence-corrected chi connectivity index (χ1v) is 9.03. The summed E-state index contributed by atoms with van der Waals surface area (Å²) < 4.78 is 36.8. The Morgan fingerprint density at radius 1 is 1.16 bits per heavy atom. The number of carbonyl (C=O) groups is 1. The van der Waals surface area contributed by atoms with Gasteiger partial charge in [0.2, 0.25) is 10.0 Å². The maximum atomic E-state index is 14.0. The van der Waals surface area contributed by atoms with Crippen molar-refractivity contribution in [1.29, 1.82) is 0 Å². The number of benzene rings is 1. The highest BCUT2D eigenvalue weighted by Gasteiger charge is 2.26. The van der Waals surface area contributed by atoms with Gasteiger partial charge in [-0.1, -0.05) is 0 Å². The molecular formula is C15H16FN5O3S. The summed E-state index contributed by atoms with van der Waals surface area (Å²) in [6.45, 7) is 1.74. The van der Waals surface area contributed by atoms with Gasteiger partial charge < -0.3 is 9.80 Å². The van der Waals surface area contributed by atoms with E-state index in [1.165, 1.54) is 4.90 Å². The summed E-state index contributed by atoms with van der Waals surface area (Å²) in [4.78, 5) is 23.9. The molecule has 25 heavy (non-hydrogen) atoms. The van der Waals surface area contributed by atoms with Crippen LogP contribution in [0.3, 0.4) is 0 Å².